The van der Waals surface area contributed by atoms with Gasteiger partial charge in [0, 0.05) is 39.1 Å². The summed E-state index contributed by atoms with van der Waals surface area (Å²) in [7, 11) is 1.55. The van der Waals surface area contributed by atoms with Gasteiger partial charge in [0.05, 0.1) is 12.1 Å². The van der Waals surface area contributed by atoms with Crippen LogP contribution in [0, 0.1) is 0 Å². The molecule has 0 radical (unpaired) electrons. The van der Waals surface area contributed by atoms with Gasteiger partial charge in [0.1, 0.15) is 10.4 Å². The molecule has 6 nitrogen and oxygen atoms in total. The first-order valence-electron chi connectivity index (χ1n) is 11.5. The van der Waals surface area contributed by atoms with Crippen molar-refractivity contribution in [2.45, 2.75) is 25.3 Å². The lowest BCUT2D eigenvalue weighted by molar-refractivity contribution is -0.126. The summed E-state index contributed by atoms with van der Waals surface area (Å²) in [5.41, 5.74) is 7.23. The Balaban J connectivity index is 1.78. The van der Waals surface area contributed by atoms with Gasteiger partial charge < -0.3 is 20.7 Å². The molecule has 0 bridgehead atoms. The van der Waals surface area contributed by atoms with Crippen molar-refractivity contribution in [3.8, 4) is 27.3 Å². The lowest BCUT2D eigenvalue weighted by Gasteiger charge is -2.40. The second-order valence-corrected chi connectivity index (χ2v) is 10.9. The Morgan fingerprint density at radius 2 is 1.72 bits per heavy atom. The number of carbonyl (C=O) groups is 2. The van der Waals surface area contributed by atoms with Gasteiger partial charge in [0.25, 0.3) is 5.91 Å². The van der Waals surface area contributed by atoms with E-state index in [1.54, 1.807) is 36.3 Å². The zero-order valence-corrected chi connectivity index (χ0v) is 23.0. The average molecular weight is 567 g/mol. The number of piperidine rings is 1. The first-order chi connectivity index (χ1) is 17.2. The molecule has 1 aromatic heterocycles. The monoisotopic (exact) mass is 565 g/mol. The van der Waals surface area contributed by atoms with Crippen LogP contribution in [0.2, 0.25) is 15.1 Å². The van der Waals surface area contributed by atoms with Gasteiger partial charge in [0.15, 0.2) is 5.75 Å². The molecule has 3 aromatic rings. The third kappa shape index (κ3) is 5.08. The van der Waals surface area contributed by atoms with E-state index in [-0.39, 0.29) is 5.91 Å². The van der Waals surface area contributed by atoms with Crippen molar-refractivity contribution in [2.24, 2.45) is 5.73 Å². The molecule has 2 aromatic carbocycles. The number of ether oxygens (including phenoxy) is 1. The molecule has 1 aliphatic rings. The maximum atomic E-state index is 13.8. The van der Waals surface area contributed by atoms with Crippen LogP contribution in [-0.4, -0.2) is 49.0 Å². The highest BCUT2D eigenvalue weighted by atomic mass is 35.5. The molecule has 0 spiro atoms. The van der Waals surface area contributed by atoms with Gasteiger partial charge in [-0.25, -0.2) is 0 Å². The van der Waals surface area contributed by atoms with Crippen molar-refractivity contribution in [2.75, 3.05) is 26.7 Å². The van der Waals surface area contributed by atoms with E-state index in [0.29, 0.717) is 58.2 Å². The highest BCUT2D eigenvalue weighted by Gasteiger charge is 2.41. The number of nitrogens with zero attached hydrogens (tertiary/aromatic N) is 1. The predicted octanol–water partition coefficient (Wildman–Crippen LogP) is 6.12. The number of hydrogen-bond acceptors (Lipinski definition) is 5. The maximum absolute atomic E-state index is 13.8. The normalized spacial score (nSPS) is 15.1. The van der Waals surface area contributed by atoms with Gasteiger partial charge in [0.2, 0.25) is 5.91 Å². The number of nitrogens with one attached hydrogen (secondary N) is 1. The van der Waals surface area contributed by atoms with E-state index < -0.39 is 11.4 Å². The number of halogens is 3. The molecule has 1 fully saturated rings. The second-order valence-electron chi connectivity index (χ2n) is 8.57. The second kappa shape index (κ2) is 11.0. The number of likely N-dealkylation sites (N-methyl/N-ethyl adjacent to an activating group) is 1. The molecule has 0 atom stereocenters. The summed E-state index contributed by atoms with van der Waals surface area (Å²) in [6, 6.07) is 12.6. The smallest absolute Gasteiger partial charge is 0.267 e. The van der Waals surface area contributed by atoms with Crippen LogP contribution in [0.5, 0.6) is 5.75 Å². The van der Waals surface area contributed by atoms with Crippen LogP contribution in [0.4, 0.5) is 0 Å². The summed E-state index contributed by atoms with van der Waals surface area (Å²) < 4.78 is 5.83. The van der Waals surface area contributed by atoms with E-state index in [1.165, 1.54) is 11.3 Å². The van der Waals surface area contributed by atoms with Gasteiger partial charge in [-0.15, -0.1) is 11.3 Å². The Kier molecular flexibility index (Phi) is 8.17. The van der Waals surface area contributed by atoms with Crippen molar-refractivity contribution in [3.05, 3.63) is 62.4 Å². The molecule has 190 valence electrons. The summed E-state index contributed by atoms with van der Waals surface area (Å²) in [5, 5.41) is 4.80. The number of nitrogens with two attached hydrogens (primary N) is 1. The number of methoxy groups -OCH3 is 1. The topological polar surface area (TPSA) is 84.7 Å². The first kappa shape index (κ1) is 26.8. The van der Waals surface area contributed by atoms with Crippen molar-refractivity contribution in [3.63, 3.8) is 0 Å². The molecule has 0 aliphatic carbocycles. The Morgan fingerprint density at radius 1 is 1.08 bits per heavy atom. The van der Waals surface area contributed by atoms with Crippen molar-refractivity contribution in [1.29, 1.82) is 0 Å². The molecule has 1 aliphatic heterocycles. The number of hydrogen-bond donors (Lipinski definition) is 2. The van der Waals surface area contributed by atoms with Crippen molar-refractivity contribution in [1.82, 2.24) is 10.2 Å². The third-order valence-electron chi connectivity index (χ3n) is 6.46. The molecule has 2 amide bonds. The van der Waals surface area contributed by atoms with Crippen LogP contribution < -0.4 is 15.8 Å². The summed E-state index contributed by atoms with van der Waals surface area (Å²) in [6.45, 7) is 3.33. The summed E-state index contributed by atoms with van der Waals surface area (Å²) in [6.07, 6.45) is 0.880. The lowest BCUT2D eigenvalue weighted by Crippen LogP contribution is -2.61. The highest BCUT2D eigenvalue weighted by molar-refractivity contribution is 7.18. The number of primary amides is 1. The molecule has 0 saturated carbocycles. The summed E-state index contributed by atoms with van der Waals surface area (Å²) in [5.74, 6) is -0.0976. The zero-order chi connectivity index (χ0) is 26.0. The highest BCUT2D eigenvalue weighted by Crippen LogP contribution is 2.50. The van der Waals surface area contributed by atoms with Crippen molar-refractivity contribution >= 4 is 58.0 Å². The average Bonchev–Trinajstić information content (AvgIpc) is 3.24. The molecule has 36 heavy (non-hydrogen) atoms. The van der Waals surface area contributed by atoms with Gasteiger partial charge in [-0.2, -0.15) is 0 Å². The molecule has 1 saturated heterocycles. The number of thiophene rings is 1. The van der Waals surface area contributed by atoms with Crippen molar-refractivity contribution < 1.29 is 14.3 Å². The van der Waals surface area contributed by atoms with Crippen LogP contribution in [0.3, 0.4) is 0 Å². The van der Waals surface area contributed by atoms with Crippen LogP contribution in [0.25, 0.3) is 21.6 Å². The standard InChI is InChI=1S/C26H26Cl3N3O3S/c1-3-31-26(25(30)34)10-12-32(13-11-26)24(33)23-21(35-2)20(15-4-6-16(27)7-5-15)22(36-23)18-9-8-17(28)14-19(18)29/h4-9,14,31H,3,10-13H2,1-2H3,(H2,30,34). The van der Waals surface area contributed by atoms with E-state index in [4.69, 9.17) is 45.3 Å². The fourth-order valence-electron chi connectivity index (χ4n) is 4.58. The van der Waals surface area contributed by atoms with Crippen LogP contribution in [0.15, 0.2) is 42.5 Å². The van der Waals surface area contributed by atoms with E-state index >= 15 is 0 Å². The molecular formula is C26H26Cl3N3O3S. The first-order valence-corrected chi connectivity index (χ1v) is 13.4. The summed E-state index contributed by atoms with van der Waals surface area (Å²) >= 11 is 20.2. The van der Waals surface area contributed by atoms with E-state index in [9.17, 15) is 9.59 Å². The van der Waals surface area contributed by atoms with Gasteiger partial charge in [-0.1, -0.05) is 59.9 Å². The molecule has 10 heteroatoms. The number of amides is 2. The summed E-state index contributed by atoms with van der Waals surface area (Å²) in [4.78, 5) is 28.9. The number of rotatable bonds is 7. The van der Waals surface area contributed by atoms with Crippen LogP contribution >= 0.6 is 46.1 Å². The Morgan fingerprint density at radius 3 is 2.28 bits per heavy atom. The van der Waals surface area contributed by atoms with E-state index in [0.717, 1.165) is 21.6 Å². The molecule has 3 N–H and O–H groups in total. The minimum atomic E-state index is -0.804. The fourth-order valence-corrected chi connectivity index (χ4v) is 6.56. The fraction of sp³-hybridized carbons (Fsp3) is 0.308. The van der Waals surface area contributed by atoms with Gasteiger partial charge in [-0.3, -0.25) is 9.59 Å². The molecular weight excluding hydrogens is 541 g/mol. The predicted molar refractivity (Wildman–Crippen MR) is 148 cm³/mol. The largest absolute Gasteiger partial charge is 0.494 e. The van der Waals surface area contributed by atoms with E-state index in [2.05, 4.69) is 5.32 Å². The maximum Gasteiger partial charge on any atom is 0.267 e. The third-order valence-corrected chi connectivity index (χ3v) is 8.45. The quantitative estimate of drug-likeness (QED) is 0.361. The van der Waals surface area contributed by atoms with Crippen LogP contribution in [-0.2, 0) is 4.79 Å². The Labute approximate surface area is 229 Å². The Bertz CT molecular complexity index is 1290. The molecule has 2 heterocycles. The number of carbonyl (C=O) groups excluding carboxylic acids is 2. The number of benzene rings is 2. The molecule has 4 rings (SSSR count). The van der Waals surface area contributed by atoms with Gasteiger partial charge in [-0.05, 0) is 49.2 Å². The zero-order valence-electron chi connectivity index (χ0n) is 19.9. The minimum Gasteiger partial charge on any atom is -0.494 e. The van der Waals surface area contributed by atoms with Gasteiger partial charge >= 0.3 is 0 Å². The Hall–Kier alpha value is -2.29. The van der Waals surface area contributed by atoms with E-state index in [1.807, 2.05) is 25.1 Å². The van der Waals surface area contributed by atoms with Crippen LogP contribution in [0.1, 0.15) is 29.4 Å². The number of likely N-dealkylation sites (tertiary alicyclic amines) is 1. The molecule has 0 unspecified atom stereocenters. The SMILES string of the molecule is CCNC1(C(N)=O)CCN(C(=O)c2sc(-c3ccc(Cl)cc3Cl)c(-c3ccc(Cl)cc3)c2OC)CC1. The minimum absolute atomic E-state index is 0.169. The lowest BCUT2D eigenvalue weighted by atomic mass is 9.86.